The first-order valence-electron chi connectivity index (χ1n) is 11.3. The van der Waals surface area contributed by atoms with E-state index in [4.69, 9.17) is 14.9 Å². The third-order valence-electron chi connectivity index (χ3n) is 5.91. The van der Waals surface area contributed by atoms with Crippen LogP contribution in [-0.4, -0.2) is 58.4 Å². The molecule has 1 saturated heterocycles. The molecule has 0 atom stereocenters. The molecule has 0 unspecified atom stereocenters. The number of hydroxylamine groups is 1. The molecule has 0 saturated carbocycles. The molecule has 4 rings (SSSR count). The summed E-state index contributed by atoms with van der Waals surface area (Å²) in [5.74, 6) is 0.363. The van der Waals surface area contributed by atoms with E-state index in [9.17, 15) is 4.79 Å². The van der Waals surface area contributed by atoms with Crippen LogP contribution in [-0.2, 0) is 22.5 Å². The number of rotatable bonds is 8. The van der Waals surface area contributed by atoms with E-state index in [-0.39, 0.29) is 0 Å². The van der Waals surface area contributed by atoms with Crippen molar-refractivity contribution in [2.24, 2.45) is 0 Å². The minimum atomic E-state index is -0.562. The van der Waals surface area contributed by atoms with E-state index in [2.05, 4.69) is 40.7 Å². The Bertz CT molecular complexity index is 1100. The van der Waals surface area contributed by atoms with Gasteiger partial charge in [-0.15, -0.1) is 0 Å². The van der Waals surface area contributed by atoms with Gasteiger partial charge in [0.2, 0.25) is 0 Å². The summed E-state index contributed by atoms with van der Waals surface area (Å²) in [6.07, 6.45) is 3.79. The van der Waals surface area contributed by atoms with E-state index in [0.29, 0.717) is 0 Å². The molecule has 33 heavy (non-hydrogen) atoms. The highest BCUT2D eigenvalue weighted by Gasteiger charge is 2.18. The Labute approximate surface area is 194 Å². The standard InChI is InChI=1S/C26H30N4O3/c1-20-24(19-21-6-3-2-4-7-21)30(13-12-29-14-16-33-17-15-29)26(27-20)23-9-5-8-22(18-23)10-11-25(31)28-32/h2-11,18,32H,12-17,19H2,1H3,(H,28,31). The summed E-state index contributed by atoms with van der Waals surface area (Å²) < 4.78 is 7.84. The molecule has 2 aromatic carbocycles. The number of hydrogen-bond acceptors (Lipinski definition) is 5. The maximum Gasteiger partial charge on any atom is 0.267 e. The van der Waals surface area contributed by atoms with Crippen molar-refractivity contribution < 1.29 is 14.7 Å². The number of nitrogens with one attached hydrogen (secondary N) is 1. The van der Waals surface area contributed by atoms with Crippen LogP contribution in [0, 0.1) is 6.92 Å². The molecule has 1 aromatic heterocycles. The van der Waals surface area contributed by atoms with E-state index < -0.39 is 5.91 Å². The van der Waals surface area contributed by atoms with Crippen molar-refractivity contribution in [2.75, 3.05) is 32.8 Å². The van der Waals surface area contributed by atoms with E-state index in [0.717, 1.165) is 68.5 Å². The van der Waals surface area contributed by atoms with Gasteiger partial charge in [0.05, 0.1) is 18.9 Å². The fourth-order valence-electron chi connectivity index (χ4n) is 4.14. The summed E-state index contributed by atoms with van der Waals surface area (Å²) in [7, 11) is 0. The highest BCUT2D eigenvalue weighted by Crippen LogP contribution is 2.26. The number of imidazole rings is 1. The molecular weight excluding hydrogens is 416 g/mol. The Morgan fingerprint density at radius 3 is 2.67 bits per heavy atom. The van der Waals surface area contributed by atoms with Gasteiger partial charge in [0.15, 0.2) is 0 Å². The first-order chi connectivity index (χ1) is 16.1. The zero-order chi connectivity index (χ0) is 23.0. The number of aryl methyl sites for hydroxylation is 1. The number of carbonyl (C=O) groups is 1. The lowest BCUT2D eigenvalue weighted by Crippen LogP contribution is -2.38. The second-order valence-electron chi connectivity index (χ2n) is 8.17. The van der Waals surface area contributed by atoms with Gasteiger partial charge >= 0.3 is 0 Å². The molecule has 2 heterocycles. The normalized spacial score (nSPS) is 14.6. The van der Waals surface area contributed by atoms with Crippen LogP contribution >= 0.6 is 0 Å². The Balaban J connectivity index is 1.67. The fourth-order valence-corrected chi connectivity index (χ4v) is 4.14. The zero-order valence-electron chi connectivity index (χ0n) is 18.9. The summed E-state index contributed by atoms with van der Waals surface area (Å²) in [6, 6.07) is 18.4. The third kappa shape index (κ3) is 5.96. The van der Waals surface area contributed by atoms with Gasteiger partial charge in [-0.25, -0.2) is 10.5 Å². The molecule has 1 fully saturated rings. The predicted octanol–water partition coefficient (Wildman–Crippen LogP) is 3.30. The van der Waals surface area contributed by atoms with Gasteiger partial charge in [0.1, 0.15) is 5.82 Å². The van der Waals surface area contributed by atoms with Gasteiger partial charge < -0.3 is 9.30 Å². The average molecular weight is 447 g/mol. The molecule has 1 aliphatic heterocycles. The molecule has 2 N–H and O–H groups in total. The number of nitrogens with zero attached hydrogens (tertiary/aromatic N) is 3. The third-order valence-corrected chi connectivity index (χ3v) is 5.91. The van der Waals surface area contributed by atoms with Crippen LogP contribution in [0.2, 0.25) is 0 Å². The Hall–Kier alpha value is -3.26. The number of carbonyl (C=O) groups excluding carboxylic acids is 1. The van der Waals surface area contributed by atoms with Gasteiger partial charge in [-0.2, -0.15) is 0 Å². The lowest BCUT2D eigenvalue weighted by molar-refractivity contribution is -0.124. The van der Waals surface area contributed by atoms with Crippen LogP contribution in [0.4, 0.5) is 0 Å². The van der Waals surface area contributed by atoms with Crippen LogP contribution < -0.4 is 5.48 Å². The maximum absolute atomic E-state index is 11.4. The van der Waals surface area contributed by atoms with Crippen molar-refractivity contribution in [2.45, 2.75) is 19.9 Å². The van der Waals surface area contributed by atoms with Crippen LogP contribution in [0.5, 0.6) is 0 Å². The Morgan fingerprint density at radius 1 is 1.12 bits per heavy atom. The first kappa shape index (κ1) is 22.9. The lowest BCUT2D eigenvalue weighted by Gasteiger charge is -2.27. The van der Waals surface area contributed by atoms with Crippen molar-refractivity contribution in [1.29, 1.82) is 0 Å². The Morgan fingerprint density at radius 2 is 1.91 bits per heavy atom. The van der Waals surface area contributed by atoms with Gasteiger partial charge in [0, 0.05) is 49.9 Å². The van der Waals surface area contributed by atoms with E-state index in [1.807, 2.05) is 30.3 Å². The van der Waals surface area contributed by atoms with Crippen LogP contribution in [0.1, 0.15) is 22.5 Å². The van der Waals surface area contributed by atoms with Gasteiger partial charge in [-0.1, -0.05) is 48.5 Å². The van der Waals surface area contributed by atoms with E-state index in [1.54, 1.807) is 11.6 Å². The molecule has 172 valence electrons. The molecule has 7 heteroatoms. The molecule has 0 spiro atoms. The summed E-state index contributed by atoms with van der Waals surface area (Å²) in [5, 5.41) is 8.73. The second kappa shape index (κ2) is 11.0. The van der Waals surface area contributed by atoms with Crippen LogP contribution in [0.3, 0.4) is 0 Å². The molecular formula is C26H30N4O3. The quantitative estimate of drug-likeness (QED) is 0.315. The summed E-state index contributed by atoms with van der Waals surface area (Å²) in [6.45, 7) is 7.30. The van der Waals surface area contributed by atoms with Crippen LogP contribution in [0.25, 0.3) is 17.5 Å². The molecule has 0 aliphatic carbocycles. The average Bonchev–Trinajstić information content (AvgIpc) is 3.17. The molecule has 0 bridgehead atoms. The molecule has 1 aliphatic rings. The number of ether oxygens (including phenoxy) is 1. The SMILES string of the molecule is Cc1nc(-c2cccc(C=CC(=O)NO)c2)n(CCN2CCOCC2)c1Cc1ccccc1. The van der Waals surface area contributed by atoms with E-state index in [1.165, 1.54) is 17.3 Å². The van der Waals surface area contributed by atoms with Crippen molar-refractivity contribution in [3.8, 4) is 11.4 Å². The highest BCUT2D eigenvalue weighted by molar-refractivity contribution is 5.91. The minimum Gasteiger partial charge on any atom is -0.379 e. The van der Waals surface area contributed by atoms with Crippen molar-refractivity contribution >= 4 is 12.0 Å². The predicted molar refractivity (Wildman–Crippen MR) is 128 cm³/mol. The number of aromatic nitrogens is 2. The van der Waals surface area contributed by atoms with Gasteiger partial charge in [-0.05, 0) is 30.2 Å². The molecule has 7 nitrogen and oxygen atoms in total. The minimum absolute atomic E-state index is 0.562. The first-order valence-corrected chi connectivity index (χ1v) is 11.3. The van der Waals surface area contributed by atoms with Gasteiger partial charge in [0.25, 0.3) is 5.91 Å². The number of morpholine rings is 1. The van der Waals surface area contributed by atoms with Crippen molar-refractivity contribution in [3.05, 3.63) is 83.2 Å². The number of hydrogen-bond donors (Lipinski definition) is 2. The number of benzene rings is 2. The Kier molecular flexibility index (Phi) is 7.67. The fraction of sp³-hybridized carbons (Fsp3) is 0.308. The zero-order valence-corrected chi connectivity index (χ0v) is 18.9. The summed E-state index contributed by atoms with van der Waals surface area (Å²) >= 11 is 0. The van der Waals surface area contributed by atoms with Crippen LogP contribution in [0.15, 0.2) is 60.7 Å². The maximum atomic E-state index is 11.4. The smallest absolute Gasteiger partial charge is 0.267 e. The monoisotopic (exact) mass is 446 g/mol. The second-order valence-corrected chi connectivity index (χ2v) is 8.17. The molecule has 0 radical (unpaired) electrons. The lowest BCUT2D eigenvalue weighted by atomic mass is 10.1. The van der Waals surface area contributed by atoms with Gasteiger partial charge in [-0.3, -0.25) is 14.9 Å². The molecule has 3 aromatic rings. The van der Waals surface area contributed by atoms with E-state index >= 15 is 0 Å². The highest BCUT2D eigenvalue weighted by atomic mass is 16.5. The number of amides is 1. The molecule has 1 amide bonds. The van der Waals surface area contributed by atoms with Crippen molar-refractivity contribution in [3.63, 3.8) is 0 Å². The van der Waals surface area contributed by atoms with Crippen molar-refractivity contribution in [1.82, 2.24) is 19.9 Å². The summed E-state index contributed by atoms with van der Waals surface area (Å²) in [4.78, 5) is 18.8. The summed E-state index contributed by atoms with van der Waals surface area (Å²) in [5.41, 5.74) is 6.96. The largest absolute Gasteiger partial charge is 0.379 e. The topological polar surface area (TPSA) is 79.6 Å².